The van der Waals surface area contributed by atoms with Crippen molar-refractivity contribution in [2.24, 2.45) is 0 Å². The van der Waals surface area contributed by atoms with Gasteiger partial charge in [-0.25, -0.2) is 4.79 Å². The maximum Gasteiger partial charge on any atom is 0.321 e. The number of carbonyl (C=O) groups excluding carboxylic acids is 2. The zero-order chi connectivity index (χ0) is 23.0. The summed E-state index contributed by atoms with van der Waals surface area (Å²) in [6, 6.07) is 20.4. The van der Waals surface area contributed by atoms with Gasteiger partial charge in [0, 0.05) is 27.7 Å². The fraction of sp³-hybridized carbons (Fsp3) is 0.130. The van der Waals surface area contributed by atoms with E-state index in [0.717, 1.165) is 17.7 Å². The van der Waals surface area contributed by atoms with E-state index < -0.39 is 11.9 Å². The number of para-hydroxylation sites is 1. The van der Waals surface area contributed by atoms with Crippen molar-refractivity contribution in [1.82, 2.24) is 25.4 Å². The average molecular weight is 498 g/mol. The van der Waals surface area contributed by atoms with Crippen molar-refractivity contribution in [3.63, 3.8) is 0 Å². The molecular formula is C23H20ClN5O2S2. The van der Waals surface area contributed by atoms with E-state index in [-0.39, 0.29) is 5.75 Å². The van der Waals surface area contributed by atoms with Gasteiger partial charge in [-0.3, -0.25) is 14.7 Å². The molecule has 4 aromatic rings. The van der Waals surface area contributed by atoms with Crippen molar-refractivity contribution in [1.29, 1.82) is 0 Å². The van der Waals surface area contributed by atoms with Gasteiger partial charge in [-0.2, -0.15) is 0 Å². The Bertz CT molecular complexity index is 1210. The number of thioether (sulfide) groups is 1. The summed E-state index contributed by atoms with van der Waals surface area (Å²) in [5.41, 5.74) is 1.71. The maximum absolute atomic E-state index is 12.3. The van der Waals surface area contributed by atoms with Crippen LogP contribution in [-0.4, -0.2) is 39.0 Å². The summed E-state index contributed by atoms with van der Waals surface area (Å²) in [5.74, 6) is 0.237. The summed E-state index contributed by atoms with van der Waals surface area (Å²) in [7, 11) is 0. The number of imide groups is 1. The molecule has 0 atom stereocenters. The van der Waals surface area contributed by atoms with E-state index in [1.54, 1.807) is 23.5 Å². The fourth-order valence-corrected chi connectivity index (χ4v) is 4.64. The molecule has 3 amide bonds. The topological polar surface area (TPSA) is 88.9 Å². The van der Waals surface area contributed by atoms with E-state index in [1.165, 1.54) is 16.6 Å². The lowest BCUT2D eigenvalue weighted by Crippen LogP contribution is -2.41. The number of aromatic nitrogens is 3. The van der Waals surface area contributed by atoms with Crippen molar-refractivity contribution in [3.8, 4) is 17.1 Å². The molecule has 0 saturated heterocycles. The molecule has 0 aliphatic rings. The fourth-order valence-electron chi connectivity index (χ4n) is 3.05. The summed E-state index contributed by atoms with van der Waals surface area (Å²) in [5, 5.41) is 16.8. The minimum absolute atomic E-state index is 0.0178. The van der Waals surface area contributed by atoms with Crippen molar-refractivity contribution in [2.75, 3.05) is 12.3 Å². The molecule has 7 nitrogen and oxygen atoms in total. The molecule has 4 rings (SSSR count). The van der Waals surface area contributed by atoms with Crippen LogP contribution in [0.2, 0.25) is 5.02 Å². The first-order valence-electron chi connectivity index (χ1n) is 10.1. The van der Waals surface area contributed by atoms with Gasteiger partial charge in [0.25, 0.3) is 0 Å². The highest BCUT2D eigenvalue weighted by molar-refractivity contribution is 7.99. The molecule has 0 saturated carbocycles. The number of amides is 3. The normalized spacial score (nSPS) is 10.7. The zero-order valence-corrected chi connectivity index (χ0v) is 19.8. The lowest BCUT2D eigenvalue weighted by molar-refractivity contribution is -0.117. The molecule has 2 heterocycles. The van der Waals surface area contributed by atoms with E-state index >= 15 is 0 Å². The standard InChI is InChI=1S/C23H20ClN5O2S2/c24-17-10-8-16(9-11-17)21-27-28-23(29(21)18-5-2-1-3-6-18)33-15-20(30)26-22(31)25-13-12-19-7-4-14-32-19/h1-11,14H,12-13,15H2,(H2,25,26,30,31). The Morgan fingerprint density at radius 3 is 2.52 bits per heavy atom. The lowest BCUT2D eigenvalue weighted by Gasteiger charge is -2.10. The first-order valence-corrected chi connectivity index (χ1v) is 12.3. The molecule has 0 radical (unpaired) electrons. The van der Waals surface area contributed by atoms with E-state index in [0.29, 0.717) is 22.5 Å². The van der Waals surface area contributed by atoms with Gasteiger partial charge in [-0.1, -0.05) is 47.6 Å². The van der Waals surface area contributed by atoms with Crippen molar-refractivity contribution >= 4 is 46.6 Å². The molecule has 0 bridgehead atoms. The quantitative estimate of drug-likeness (QED) is 0.341. The van der Waals surface area contributed by atoms with Crippen LogP contribution >= 0.6 is 34.7 Å². The zero-order valence-electron chi connectivity index (χ0n) is 17.4. The van der Waals surface area contributed by atoms with Gasteiger partial charge >= 0.3 is 6.03 Å². The van der Waals surface area contributed by atoms with Crippen LogP contribution in [0.15, 0.2) is 77.3 Å². The predicted octanol–water partition coefficient (Wildman–Crippen LogP) is 4.81. The third-order valence-electron chi connectivity index (χ3n) is 4.57. The number of thiophene rings is 1. The number of benzene rings is 2. The summed E-state index contributed by atoms with van der Waals surface area (Å²) >= 11 is 8.86. The second kappa shape index (κ2) is 11.1. The number of rotatable bonds is 8. The van der Waals surface area contributed by atoms with E-state index in [1.807, 2.05) is 64.5 Å². The second-order valence-corrected chi connectivity index (χ2v) is 9.32. The van der Waals surface area contributed by atoms with Crippen LogP contribution in [0.1, 0.15) is 4.88 Å². The number of hydrogen-bond donors (Lipinski definition) is 2. The van der Waals surface area contributed by atoms with Crippen LogP contribution in [0, 0.1) is 0 Å². The Hall–Kier alpha value is -3.14. The third-order valence-corrected chi connectivity index (χ3v) is 6.69. The van der Waals surface area contributed by atoms with Gasteiger partial charge in [0.15, 0.2) is 11.0 Å². The van der Waals surface area contributed by atoms with Crippen LogP contribution in [0.5, 0.6) is 0 Å². The molecule has 0 spiro atoms. The monoisotopic (exact) mass is 497 g/mol. The van der Waals surface area contributed by atoms with Crippen LogP contribution in [0.25, 0.3) is 17.1 Å². The Labute approximate surface area is 204 Å². The molecule has 2 aromatic heterocycles. The minimum Gasteiger partial charge on any atom is -0.337 e. The number of nitrogens with one attached hydrogen (secondary N) is 2. The predicted molar refractivity (Wildman–Crippen MR) is 132 cm³/mol. The van der Waals surface area contributed by atoms with Crippen LogP contribution < -0.4 is 10.6 Å². The number of urea groups is 1. The van der Waals surface area contributed by atoms with Gasteiger partial charge in [-0.15, -0.1) is 21.5 Å². The van der Waals surface area contributed by atoms with E-state index in [9.17, 15) is 9.59 Å². The minimum atomic E-state index is -0.511. The number of halogens is 1. The van der Waals surface area contributed by atoms with E-state index in [2.05, 4.69) is 20.8 Å². The molecular weight excluding hydrogens is 478 g/mol. The Morgan fingerprint density at radius 1 is 1.00 bits per heavy atom. The second-order valence-electron chi connectivity index (χ2n) is 6.91. The third kappa shape index (κ3) is 6.22. The Balaban J connectivity index is 1.40. The average Bonchev–Trinajstić information content (AvgIpc) is 3.49. The first kappa shape index (κ1) is 23.0. The highest BCUT2D eigenvalue weighted by Gasteiger charge is 2.18. The van der Waals surface area contributed by atoms with E-state index in [4.69, 9.17) is 11.6 Å². The van der Waals surface area contributed by atoms with Crippen molar-refractivity contribution in [3.05, 3.63) is 82.0 Å². The Morgan fingerprint density at radius 2 is 1.79 bits per heavy atom. The number of hydrogen-bond acceptors (Lipinski definition) is 6. The molecule has 168 valence electrons. The molecule has 0 aliphatic heterocycles. The lowest BCUT2D eigenvalue weighted by atomic mass is 10.2. The molecule has 0 unspecified atom stereocenters. The van der Waals surface area contributed by atoms with Gasteiger partial charge in [0.05, 0.1) is 5.75 Å². The summed E-state index contributed by atoms with van der Waals surface area (Å²) in [4.78, 5) is 25.5. The summed E-state index contributed by atoms with van der Waals surface area (Å²) in [6.07, 6.45) is 0.724. The summed E-state index contributed by atoms with van der Waals surface area (Å²) < 4.78 is 1.88. The largest absolute Gasteiger partial charge is 0.337 e. The molecule has 2 N–H and O–H groups in total. The molecule has 33 heavy (non-hydrogen) atoms. The van der Waals surface area contributed by atoms with Gasteiger partial charge < -0.3 is 5.32 Å². The van der Waals surface area contributed by atoms with Crippen molar-refractivity contribution in [2.45, 2.75) is 11.6 Å². The molecule has 10 heteroatoms. The molecule has 2 aromatic carbocycles. The number of nitrogens with zero attached hydrogens (tertiary/aromatic N) is 3. The SMILES string of the molecule is O=C(CSc1nnc(-c2ccc(Cl)cc2)n1-c1ccccc1)NC(=O)NCCc1cccs1. The van der Waals surface area contributed by atoms with Crippen LogP contribution in [0.4, 0.5) is 4.79 Å². The van der Waals surface area contributed by atoms with Gasteiger partial charge in [0.1, 0.15) is 0 Å². The molecule has 0 aliphatic carbocycles. The van der Waals surface area contributed by atoms with Crippen molar-refractivity contribution < 1.29 is 9.59 Å². The number of carbonyl (C=O) groups is 2. The highest BCUT2D eigenvalue weighted by atomic mass is 35.5. The molecule has 0 fully saturated rings. The smallest absolute Gasteiger partial charge is 0.321 e. The maximum atomic E-state index is 12.3. The van der Waals surface area contributed by atoms with Crippen LogP contribution in [0.3, 0.4) is 0 Å². The first-order chi connectivity index (χ1) is 16.1. The summed E-state index contributed by atoms with van der Waals surface area (Å²) in [6.45, 7) is 0.458. The van der Waals surface area contributed by atoms with Gasteiger partial charge in [0.2, 0.25) is 5.91 Å². The Kier molecular flexibility index (Phi) is 7.77. The van der Waals surface area contributed by atoms with Crippen LogP contribution in [-0.2, 0) is 11.2 Å². The highest BCUT2D eigenvalue weighted by Crippen LogP contribution is 2.28. The van der Waals surface area contributed by atoms with Gasteiger partial charge in [-0.05, 0) is 54.3 Å².